The highest BCUT2D eigenvalue weighted by Crippen LogP contribution is 2.25. The van der Waals surface area contributed by atoms with Crippen LogP contribution in [0.5, 0.6) is 0 Å². The van der Waals surface area contributed by atoms with Gasteiger partial charge in [-0.3, -0.25) is 0 Å². The number of anilines is 1. The zero-order valence-electron chi connectivity index (χ0n) is 8.17. The van der Waals surface area contributed by atoms with Crippen LogP contribution in [0.4, 0.5) is 5.82 Å². The quantitative estimate of drug-likeness (QED) is 0.901. The van der Waals surface area contributed by atoms with E-state index in [0.717, 1.165) is 40.8 Å². The number of rotatable bonds is 2. The Morgan fingerprint density at radius 3 is 3.00 bits per heavy atom. The summed E-state index contributed by atoms with van der Waals surface area (Å²) in [5, 5.41) is 3.37. The highest BCUT2D eigenvalue weighted by Gasteiger charge is 2.15. The molecule has 0 aromatic carbocycles. The third-order valence-electron chi connectivity index (χ3n) is 2.31. The van der Waals surface area contributed by atoms with Gasteiger partial charge in [0.15, 0.2) is 0 Å². The van der Waals surface area contributed by atoms with Crippen LogP contribution < -0.4 is 5.32 Å². The van der Waals surface area contributed by atoms with Crippen LogP contribution in [-0.4, -0.2) is 24.2 Å². The number of halogens is 2. The average Bonchev–Trinajstić information content (AvgIpc) is 2.24. The van der Waals surface area contributed by atoms with Crippen molar-refractivity contribution >= 4 is 37.7 Å². The van der Waals surface area contributed by atoms with Gasteiger partial charge < -0.3 is 10.1 Å². The van der Waals surface area contributed by atoms with Gasteiger partial charge in [-0.15, -0.1) is 0 Å². The van der Waals surface area contributed by atoms with Crippen molar-refractivity contribution in [1.29, 1.82) is 0 Å². The van der Waals surface area contributed by atoms with Gasteiger partial charge >= 0.3 is 0 Å². The second-order valence-corrected chi connectivity index (χ2v) is 5.31. The lowest BCUT2D eigenvalue weighted by Gasteiger charge is -2.24. The molecule has 2 rings (SSSR count). The number of hydrogen-bond donors (Lipinski definition) is 1. The molecule has 0 saturated carbocycles. The van der Waals surface area contributed by atoms with Crippen molar-refractivity contribution in [2.75, 3.05) is 18.5 Å². The number of nitrogens with one attached hydrogen (secondary N) is 1. The fourth-order valence-corrected chi connectivity index (χ4v) is 2.67. The highest BCUT2D eigenvalue weighted by molar-refractivity contribution is 9.11. The van der Waals surface area contributed by atoms with E-state index in [-0.39, 0.29) is 0 Å². The molecule has 1 aromatic rings. The van der Waals surface area contributed by atoms with Gasteiger partial charge in [-0.1, -0.05) is 0 Å². The van der Waals surface area contributed by atoms with E-state index in [1.807, 2.05) is 6.07 Å². The predicted octanol–water partition coefficient (Wildman–Crippen LogP) is 3.20. The van der Waals surface area contributed by atoms with Crippen LogP contribution in [0.15, 0.2) is 21.2 Å². The maximum absolute atomic E-state index is 5.40. The number of pyridine rings is 1. The van der Waals surface area contributed by atoms with Crippen molar-refractivity contribution < 1.29 is 4.74 Å². The standard InChI is InChI=1S/C10H12Br2N2O/c11-7-4-9(12)10(13-5-7)14-8-2-1-3-15-6-8/h4-5,8H,1-3,6H2,(H,13,14). The number of ether oxygens (including phenoxy) is 1. The summed E-state index contributed by atoms with van der Waals surface area (Å²) in [6.07, 6.45) is 4.05. The molecular formula is C10H12Br2N2O. The molecule has 1 aliphatic heterocycles. The molecule has 1 unspecified atom stereocenters. The minimum atomic E-state index is 0.378. The summed E-state index contributed by atoms with van der Waals surface area (Å²) >= 11 is 6.85. The number of hydrogen-bond acceptors (Lipinski definition) is 3. The molecule has 1 atom stereocenters. The molecule has 5 heteroatoms. The van der Waals surface area contributed by atoms with Crippen molar-refractivity contribution in [1.82, 2.24) is 4.98 Å². The Hall–Kier alpha value is -0.130. The van der Waals surface area contributed by atoms with E-state index in [9.17, 15) is 0 Å². The minimum Gasteiger partial charge on any atom is -0.379 e. The zero-order valence-corrected chi connectivity index (χ0v) is 11.3. The van der Waals surface area contributed by atoms with E-state index < -0.39 is 0 Å². The summed E-state index contributed by atoms with van der Waals surface area (Å²) in [5.74, 6) is 0.883. The summed E-state index contributed by atoms with van der Waals surface area (Å²) in [5.41, 5.74) is 0. The zero-order chi connectivity index (χ0) is 10.7. The maximum atomic E-state index is 5.40. The Balaban J connectivity index is 2.03. The van der Waals surface area contributed by atoms with Gasteiger partial charge in [-0.2, -0.15) is 0 Å². The maximum Gasteiger partial charge on any atom is 0.140 e. The molecule has 3 nitrogen and oxygen atoms in total. The van der Waals surface area contributed by atoms with Crippen LogP contribution >= 0.6 is 31.9 Å². The van der Waals surface area contributed by atoms with Crippen molar-refractivity contribution in [2.45, 2.75) is 18.9 Å². The second kappa shape index (κ2) is 5.27. The first kappa shape index (κ1) is 11.4. The SMILES string of the molecule is Brc1cnc(NC2CCCOC2)c(Br)c1. The normalized spacial score (nSPS) is 21.3. The van der Waals surface area contributed by atoms with Crippen LogP contribution in [0.2, 0.25) is 0 Å². The highest BCUT2D eigenvalue weighted by atomic mass is 79.9. The molecule has 0 spiro atoms. The third-order valence-corrected chi connectivity index (χ3v) is 3.35. The van der Waals surface area contributed by atoms with Crippen LogP contribution in [0.25, 0.3) is 0 Å². The lowest BCUT2D eigenvalue weighted by Crippen LogP contribution is -2.30. The Kier molecular flexibility index (Phi) is 3.99. The summed E-state index contributed by atoms with van der Waals surface area (Å²) in [7, 11) is 0. The first-order chi connectivity index (χ1) is 7.25. The van der Waals surface area contributed by atoms with Gasteiger partial charge in [0.1, 0.15) is 5.82 Å². The van der Waals surface area contributed by atoms with E-state index in [1.54, 1.807) is 6.20 Å². The Bertz CT molecular complexity index is 340. The third kappa shape index (κ3) is 3.16. The number of aromatic nitrogens is 1. The van der Waals surface area contributed by atoms with Crippen molar-refractivity contribution in [3.63, 3.8) is 0 Å². The van der Waals surface area contributed by atoms with Gasteiger partial charge in [0.2, 0.25) is 0 Å². The van der Waals surface area contributed by atoms with E-state index in [0.29, 0.717) is 6.04 Å². The molecule has 2 heterocycles. The Morgan fingerprint density at radius 2 is 2.33 bits per heavy atom. The monoisotopic (exact) mass is 334 g/mol. The first-order valence-electron chi connectivity index (χ1n) is 4.91. The molecular weight excluding hydrogens is 324 g/mol. The van der Waals surface area contributed by atoms with Crippen LogP contribution in [0, 0.1) is 0 Å². The second-order valence-electron chi connectivity index (χ2n) is 3.54. The summed E-state index contributed by atoms with van der Waals surface area (Å²) < 4.78 is 7.35. The van der Waals surface area contributed by atoms with Crippen molar-refractivity contribution in [3.05, 3.63) is 21.2 Å². The van der Waals surface area contributed by atoms with Crippen LogP contribution in [0.1, 0.15) is 12.8 Å². The fourth-order valence-electron chi connectivity index (χ4n) is 1.57. The molecule has 15 heavy (non-hydrogen) atoms. The predicted molar refractivity (Wildman–Crippen MR) is 67.1 cm³/mol. The first-order valence-corrected chi connectivity index (χ1v) is 6.49. The fraction of sp³-hybridized carbons (Fsp3) is 0.500. The van der Waals surface area contributed by atoms with Crippen molar-refractivity contribution in [2.24, 2.45) is 0 Å². The summed E-state index contributed by atoms with van der Waals surface area (Å²) in [4.78, 5) is 4.31. The molecule has 1 saturated heterocycles. The summed E-state index contributed by atoms with van der Waals surface area (Å²) in [6, 6.07) is 2.36. The van der Waals surface area contributed by atoms with Gasteiger partial charge in [-0.25, -0.2) is 4.98 Å². The van der Waals surface area contributed by atoms with Crippen LogP contribution in [0.3, 0.4) is 0 Å². The van der Waals surface area contributed by atoms with Gasteiger partial charge in [-0.05, 0) is 50.8 Å². The minimum absolute atomic E-state index is 0.378. The van der Waals surface area contributed by atoms with Crippen LogP contribution in [-0.2, 0) is 4.74 Å². The van der Waals surface area contributed by atoms with E-state index in [1.165, 1.54) is 0 Å². The smallest absolute Gasteiger partial charge is 0.140 e. The number of nitrogens with zero attached hydrogens (tertiary/aromatic N) is 1. The molecule has 1 N–H and O–H groups in total. The summed E-state index contributed by atoms with van der Waals surface area (Å²) in [6.45, 7) is 1.65. The molecule has 0 aliphatic carbocycles. The average molecular weight is 336 g/mol. The van der Waals surface area contributed by atoms with E-state index in [4.69, 9.17) is 4.74 Å². The van der Waals surface area contributed by atoms with Gasteiger partial charge in [0.05, 0.1) is 17.1 Å². The topological polar surface area (TPSA) is 34.2 Å². The lowest BCUT2D eigenvalue weighted by atomic mass is 10.1. The molecule has 1 aromatic heterocycles. The molecule has 82 valence electrons. The Morgan fingerprint density at radius 1 is 1.47 bits per heavy atom. The van der Waals surface area contributed by atoms with Gasteiger partial charge in [0, 0.05) is 17.3 Å². The molecule has 0 bridgehead atoms. The largest absolute Gasteiger partial charge is 0.379 e. The molecule has 1 aliphatic rings. The molecule has 1 fully saturated rings. The Labute approximate surface area is 106 Å². The van der Waals surface area contributed by atoms with Crippen molar-refractivity contribution in [3.8, 4) is 0 Å². The lowest BCUT2D eigenvalue weighted by molar-refractivity contribution is 0.0875. The van der Waals surface area contributed by atoms with E-state index >= 15 is 0 Å². The van der Waals surface area contributed by atoms with E-state index in [2.05, 4.69) is 42.2 Å². The molecule has 0 amide bonds. The molecule has 0 radical (unpaired) electrons. The van der Waals surface area contributed by atoms with Gasteiger partial charge in [0.25, 0.3) is 0 Å².